The first-order chi connectivity index (χ1) is 16.2. The van der Waals surface area contributed by atoms with E-state index >= 15 is 0 Å². The molecule has 1 atom stereocenters. The van der Waals surface area contributed by atoms with Crippen LogP contribution in [0.5, 0.6) is 0 Å². The van der Waals surface area contributed by atoms with Crippen LogP contribution in [-0.4, -0.2) is 35.6 Å². The van der Waals surface area contributed by atoms with E-state index in [-0.39, 0.29) is 6.04 Å². The Balaban J connectivity index is 1.68. The van der Waals surface area contributed by atoms with Gasteiger partial charge in [0.05, 0.1) is 34.7 Å². The number of pyridine rings is 2. The van der Waals surface area contributed by atoms with E-state index in [1.54, 1.807) is 12.4 Å². The van der Waals surface area contributed by atoms with E-state index in [9.17, 15) is 13.2 Å². The summed E-state index contributed by atoms with van der Waals surface area (Å²) in [7, 11) is 0. The Labute approximate surface area is 192 Å². The standard InChI is InChI=1S/C24H21F3N6O/c1-14-22(16(3)34-31-14)17-8-21-23(29-9-17)19(18-10-30-32(11-18)13-24(25,26)27)12-33(21)15(2)20-6-4-5-7-28-20/h4-12,15H,13H2,1-3H3/t15-/m1/s1. The number of fused-ring (bicyclic) bond motifs is 1. The van der Waals surface area contributed by atoms with E-state index in [1.807, 2.05) is 55.8 Å². The van der Waals surface area contributed by atoms with Gasteiger partial charge in [0.2, 0.25) is 0 Å². The number of halogens is 3. The summed E-state index contributed by atoms with van der Waals surface area (Å²) in [4.78, 5) is 9.19. The molecule has 5 rings (SSSR count). The van der Waals surface area contributed by atoms with Gasteiger partial charge in [0.1, 0.15) is 12.3 Å². The van der Waals surface area contributed by atoms with Gasteiger partial charge in [-0.1, -0.05) is 11.2 Å². The highest BCUT2D eigenvalue weighted by Crippen LogP contribution is 2.36. The van der Waals surface area contributed by atoms with E-state index in [0.717, 1.165) is 32.7 Å². The molecule has 0 radical (unpaired) electrons. The quantitative estimate of drug-likeness (QED) is 0.330. The molecule has 0 spiro atoms. The smallest absolute Gasteiger partial charge is 0.361 e. The molecular formula is C24H21F3N6O. The Morgan fingerprint density at radius 1 is 1.06 bits per heavy atom. The minimum absolute atomic E-state index is 0.149. The van der Waals surface area contributed by atoms with E-state index < -0.39 is 12.7 Å². The van der Waals surface area contributed by atoms with E-state index in [2.05, 4.69) is 15.2 Å². The summed E-state index contributed by atoms with van der Waals surface area (Å²) >= 11 is 0. The lowest BCUT2D eigenvalue weighted by atomic mass is 10.1. The molecule has 0 aliphatic heterocycles. The molecule has 5 aromatic heterocycles. The highest BCUT2D eigenvalue weighted by molar-refractivity contribution is 5.95. The normalized spacial score (nSPS) is 13.0. The largest absolute Gasteiger partial charge is 0.408 e. The maximum atomic E-state index is 12.9. The van der Waals surface area contributed by atoms with Gasteiger partial charge in [-0.15, -0.1) is 0 Å². The van der Waals surface area contributed by atoms with Gasteiger partial charge in [0, 0.05) is 47.0 Å². The van der Waals surface area contributed by atoms with Crippen LogP contribution in [0.4, 0.5) is 13.2 Å². The lowest BCUT2D eigenvalue weighted by Gasteiger charge is -2.15. The zero-order valence-corrected chi connectivity index (χ0v) is 18.7. The second-order valence-electron chi connectivity index (χ2n) is 8.21. The molecule has 7 nitrogen and oxygen atoms in total. The van der Waals surface area contributed by atoms with Crippen molar-refractivity contribution in [3.63, 3.8) is 0 Å². The number of nitrogens with zero attached hydrogens (tertiary/aromatic N) is 6. The summed E-state index contributed by atoms with van der Waals surface area (Å²) < 4.78 is 46.8. The maximum Gasteiger partial charge on any atom is 0.408 e. The van der Waals surface area contributed by atoms with E-state index in [1.165, 1.54) is 12.4 Å². The monoisotopic (exact) mass is 466 g/mol. The van der Waals surface area contributed by atoms with Crippen molar-refractivity contribution >= 4 is 11.0 Å². The summed E-state index contributed by atoms with van der Waals surface area (Å²) in [6.07, 6.45) is 3.82. The van der Waals surface area contributed by atoms with Crippen LogP contribution >= 0.6 is 0 Å². The van der Waals surface area contributed by atoms with Gasteiger partial charge in [-0.2, -0.15) is 18.3 Å². The molecule has 0 bridgehead atoms. The molecule has 0 unspecified atom stereocenters. The van der Waals surface area contributed by atoms with Crippen molar-refractivity contribution in [1.82, 2.24) is 29.5 Å². The number of aromatic nitrogens is 6. The Hall–Kier alpha value is -3.95. The van der Waals surface area contributed by atoms with E-state index in [0.29, 0.717) is 22.4 Å². The first-order valence-corrected chi connectivity index (χ1v) is 10.7. The molecule has 10 heteroatoms. The molecular weight excluding hydrogens is 445 g/mol. The molecule has 5 aromatic rings. The summed E-state index contributed by atoms with van der Waals surface area (Å²) in [5.41, 5.74) is 6.03. The number of rotatable bonds is 5. The van der Waals surface area contributed by atoms with Gasteiger partial charge in [-0.05, 0) is 39.0 Å². The Bertz CT molecular complexity index is 1450. The predicted octanol–water partition coefficient (Wildman–Crippen LogP) is 5.74. The van der Waals surface area contributed by atoms with Gasteiger partial charge >= 0.3 is 6.18 Å². The highest BCUT2D eigenvalue weighted by Gasteiger charge is 2.29. The molecule has 174 valence electrons. The molecule has 34 heavy (non-hydrogen) atoms. The van der Waals surface area contributed by atoms with Gasteiger partial charge in [-0.3, -0.25) is 14.6 Å². The molecule has 5 heterocycles. The van der Waals surface area contributed by atoms with Crippen molar-refractivity contribution in [3.05, 3.63) is 72.4 Å². The predicted molar refractivity (Wildman–Crippen MR) is 120 cm³/mol. The van der Waals surface area contributed by atoms with Gasteiger partial charge in [-0.25, -0.2) is 0 Å². The topological polar surface area (TPSA) is 74.6 Å². The molecule has 0 aromatic carbocycles. The van der Waals surface area contributed by atoms with Crippen LogP contribution in [0.2, 0.25) is 0 Å². The number of hydrogen-bond donors (Lipinski definition) is 0. The Kier molecular flexibility index (Phi) is 5.22. The van der Waals surface area contributed by atoms with Gasteiger partial charge < -0.3 is 9.09 Å². The van der Waals surface area contributed by atoms with Crippen LogP contribution in [-0.2, 0) is 6.54 Å². The SMILES string of the molecule is Cc1noc(C)c1-c1cnc2c(-c3cnn(CC(F)(F)F)c3)cn([C@H](C)c3ccccn3)c2c1. The van der Waals surface area contributed by atoms with Crippen molar-refractivity contribution < 1.29 is 17.7 Å². The Morgan fingerprint density at radius 3 is 2.56 bits per heavy atom. The minimum atomic E-state index is -4.35. The number of aryl methyl sites for hydroxylation is 2. The van der Waals surface area contributed by atoms with Crippen molar-refractivity contribution in [2.24, 2.45) is 0 Å². The summed E-state index contributed by atoms with van der Waals surface area (Å²) in [6, 6.07) is 7.55. The molecule has 0 fully saturated rings. The maximum absolute atomic E-state index is 12.9. The summed E-state index contributed by atoms with van der Waals surface area (Å²) in [5.74, 6) is 0.684. The van der Waals surface area contributed by atoms with Gasteiger partial charge in [0.15, 0.2) is 0 Å². The second-order valence-corrected chi connectivity index (χ2v) is 8.21. The number of hydrogen-bond acceptors (Lipinski definition) is 5. The molecule has 0 amide bonds. The molecule has 0 aliphatic rings. The van der Waals surface area contributed by atoms with Crippen LogP contribution in [0, 0.1) is 13.8 Å². The zero-order valence-electron chi connectivity index (χ0n) is 18.7. The van der Waals surface area contributed by atoms with Crippen molar-refractivity contribution in [1.29, 1.82) is 0 Å². The number of alkyl halides is 3. The third-order valence-corrected chi connectivity index (χ3v) is 5.81. The van der Waals surface area contributed by atoms with Crippen molar-refractivity contribution in [2.75, 3.05) is 0 Å². The fourth-order valence-corrected chi connectivity index (χ4v) is 4.23. The third kappa shape index (κ3) is 3.95. The van der Waals surface area contributed by atoms with Crippen LogP contribution in [0.15, 0.2) is 59.8 Å². The fourth-order valence-electron chi connectivity index (χ4n) is 4.23. The average molecular weight is 466 g/mol. The van der Waals surface area contributed by atoms with E-state index in [4.69, 9.17) is 9.51 Å². The summed E-state index contributed by atoms with van der Waals surface area (Å²) in [5, 5.41) is 7.95. The van der Waals surface area contributed by atoms with Crippen molar-refractivity contribution in [3.8, 4) is 22.3 Å². The van der Waals surface area contributed by atoms with Crippen LogP contribution in [0.1, 0.15) is 30.1 Å². The molecule has 0 saturated carbocycles. The second kappa shape index (κ2) is 8.12. The Morgan fingerprint density at radius 2 is 1.88 bits per heavy atom. The summed E-state index contributed by atoms with van der Waals surface area (Å²) in [6.45, 7) is 4.57. The molecule has 0 saturated heterocycles. The first kappa shape index (κ1) is 21.9. The third-order valence-electron chi connectivity index (χ3n) is 5.81. The average Bonchev–Trinajstić information content (AvgIpc) is 3.49. The minimum Gasteiger partial charge on any atom is -0.361 e. The van der Waals surface area contributed by atoms with Crippen LogP contribution in [0.25, 0.3) is 33.3 Å². The lowest BCUT2D eigenvalue weighted by Crippen LogP contribution is -2.17. The first-order valence-electron chi connectivity index (χ1n) is 10.7. The van der Waals surface area contributed by atoms with Crippen molar-refractivity contribution in [2.45, 2.75) is 39.5 Å². The molecule has 0 aliphatic carbocycles. The highest BCUT2D eigenvalue weighted by atomic mass is 19.4. The lowest BCUT2D eigenvalue weighted by molar-refractivity contribution is -0.142. The van der Waals surface area contributed by atoms with Gasteiger partial charge in [0.25, 0.3) is 0 Å². The molecule has 0 N–H and O–H groups in total. The fraction of sp³-hybridized carbons (Fsp3) is 0.250. The zero-order chi connectivity index (χ0) is 24.0. The van der Waals surface area contributed by atoms with Crippen LogP contribution in [0.3, 0.4) is 0 Å². The van der Waals surface area contributed by atoms with Crippen LogP contribution < -0.4 is 0 Å².